The van der Waals surface area contributed by atoms with Gasteiger partial charge in [-0.1, -0.05) is 60.3 Å². The summed E-state index contributed by atoms with van der Waals surface area (Å²) in [5, 5.41) is 9.84. The average Bonchev–Trinajstić information content (AvgIpc) is 3.31. The molecule has 3 heterocycles. The van der Waals surface area contributed by atoms with Crippen molar-refractivity contribution in [3.63, 3.8) is 0 Å². The Balaban J connectivity index is 1.39. The van der Waals surface area contributed by atoms with Crippen molar-refractivity contribution in [2.75, 3.05) is 33.2 Å². The molecule has 4 aromatic rings. The zero-order valence-electron chi connectivity index (χ0n) is 19.7. The Hall–Kier alpha value is -3.49. The van der Waals surface area contributed by atoms with Crippen molar-refractivity contribution in [2.45, 2.75) is 17.5 Å². The van der Waals surface area contributed by atoms with Crippen LogP contribution in [0.25, 0.3) is 11.4 Å². The minimum atomic E-state index is 0.108. The predicted octanol–water partition coefficient (Wildman–Crippen LogP) is 4.07. The van der Waals surface area contributed by atoms with Gasteiger partial charge in [0.25, 0.3) is 5.91 Å². The molecule has 8 heteroatoms. The highest BCUT2D eigenvalue weighted by Crippen LogP contribution is 2.28. The molecule has 0 atom stereocenters. The molecule has 7 nitrogen and oxygen atoms in total. The predicted molar refractivity (Wildman–Crippen MR) is 138 cm³/mol. The van der Waals surface area contributed by atoms with E-state index in [1.165, 1.54) is 5.56 Å². The van der Waals surface area contributed by atoms with E-state index in [2.05, 4.69) is 43.8 Å². The second kappa shape index (κ2) is 10.8. The first-order chi connectivity index (χ1) is 17.2. The fourth-order valence-corrected chi connectivity index (χ4v) is 5.13. The minimum Gasteiger partial charge on any atom is -0.336 e. The van der Waals surface area contributed by atoms with Crippen LogP contribution in [0.1, 0.15) is 21.5 Å². The Labute approximate surface area is 209 Å². The van der Waals surface area contributed by atoms with Gasteiger partial charge >= 0.3 is 0 Å². The monoisotopic (exact) mass is 484 g/mol. The van der Waals surface area contributed by atoms with Crippen molar-refractivity contribution in [3.8, 4) is 11.4 Å². The van der Waals surface area contributed by atoms with Crippen LogP contribution in [0.4, 0.5) is 0 Å². The molecule has 178 valence electrons. The molecule has 1 amide bonds. The normalized spacial score (nSPS) is 14.3. The van der Waals surface area contributed by atoms with E-state index in [9.17, 15) is 4.79 Å². The Morgan fingerprint density at radius 3 is 2.46 bits per heavy atom. The van der Waals surface area contributed by atoms with E-state index in [4.69, 9.17) is 0 Å². The minimum absolute atomic E-state index is 0.108. The summed E-state index contributed by atoms with van der Waals surface area (Å²) in [5.41, 5.74) is 3.88. The molecule has 0 radical (unpaired) electrons. The summed E-state index contributed by atoms with van der Waals surface area (Å²) in [7, 11) is 2.09. The van der Waals surface area contributed by atoms with Gasteiger partial charge in [-0.05, 0) is 36.4 Å². The van der Waals surface area contributed by atoms with Crippen molar-refractivity contribution in [1.29, 1.82) is 0 Å². The maximum Gasteiger partial charge on any atom is 0.254 e. The highest BCUT2D eigenvalue weighted by Gasteiger charge is 2.23. The Bertz CT molecular complexity index is 1270. The molecule has 35 heavy (non-hydrogen) atoms. The van der Waals surface area contributed by atoms with Crippen molar-refractivity contribution in [2.24, 2.45) is 0 Å². The number of nitrogens with zero attached hydrogens (tertiary/aromatic N) is 6. The van der Waals surface area contributed by atoms with Crippen LogP contribution in [0.5, 0.6) is 0 Å². The molecule has 2 aromatic carbocycles. The van der Waals surface area contributed by atoms with Crippen LogP contribution < -0.4 is 0 Å². The quantitative estimate of drug-likeness (QED) is 0.369. The fraction of sp³-hybridized carbons (Fsp3) is 0.259. The number of pyridine rings is 1. The number of hydrogen-bond donors (Lipinski definition) is 0. The first-order valence-electron chi connectivity index (χ1n) is 11.7. The van der Waals surface area contributed by atoms with Crippen LogP contribution in [0.15, 0.2) is 84.3 Å². The van der Waals surface area contributed by atoms with Crippen LogP contribution in [0.3, 0.4) is 0 Å². The van der Waals surface area contributed by atoms with Gasteiger partial charge in [-0.2, -0.15) is 0 Å². The Kier molecular flexibility index (Phi) is 7.20. The standard InChI is InChI=1S/C27H28N6OS/c1-31-14-16-32(17-15-31)26(34)24-12-6-5-10-23(24)20-35-27-30-29-25(22-11-7-13-28-18-22)33(27)19-21-8-3-2-4-9-21/h2-13,18H,14-17,19-20H2,1H3. The number of likely N-dealkylation sites (N-methyl/N-ethyl adjacent to an activating group) is 1. The van der Waals surface area contributed by atoms with E-state index in [1.807, 2.05) is 65.7 Å². The smallest absolute Gasteiger partial charge is 0.254 e. The van der Waals surface area contributed by atoms with E-state index in [-0.39, 0.29) is 5.91 Å². The lowest BCUT2D eigenvalue weighted by atomic mass is 10.1. The number of benzene rings is 2. The SMILES string of the molecule is CN1CCN(C(=O)c2ccccc2CSc2nnc(-c3cccnc3)n2Cc2ccccc2)CC1. The highest BCUT2D eigenvalue weighted by atomic mass is 32.2. The van der Waals surface area contributed by atoms with Gasteiger partial charge in [-0.3, -0.25) is 14.3 Å². The molecule has 0 N–H and O–H groups in total. The zero-order chi connectivity index (χ0) is 24.0. The molecule has 1 aliphatic heterocycles. The Morgan fingerprint density at radius 2 is 1.69 bits per heavy atom. The summed E-state index contributed by atoms with van der Waals surface area (Å²) in [4.78, 5) is 21.8. The van der Waals surface area contributed by atoms with Crippen LogP contribution in [0.2, 0.25) is 0 Å². The maximum absolute atomic E-state index is 13.3. The third-order valence-electron chi connectivity index (χ3n) is 6.22. The second-order valence-electron chi connectivity index (χ2n) is 8.66. The van der Waals surface area contributed by atoms with Crippen molar-refractivity contribution < 1.29 is 4.79 Å². The van der Waals surface area contributed by atoms with E-state index in [1.54, 1.807) is 18.0 Å². The molecular weight excluding hydrogens is 456 g/mol. The summed E-state index contributed by atoms with van der Waals surface area (Å²) < 4.78 is 2.13. The number of aromatic nitrogens is 4. The number of piperazine rings is 1. The third kappa shape index (κ3) is 5.44. The zero-order valence-corrected chi connectivity index (χ0v) is 20.6. The summed E-state index contributed by atoms with van der Waals surface area (Å²) >= 11 is 1.60. The van der Waals surface area contributed by atoms with Gasteiger partial charge in [-0.15, -0.1) is 10.2 Å². The molecule has 0 unspecified atom stereocenters. The van der Waals surface area contributed by atoms with Crippen molar-refractivity contribution >= 4 is 17.7 Å². The van der Waals surface area contributed by atoms with Crippen LogP contribution in [0, 0.1) is 0 Å². The van der Waals surface area contributed by atoms with Gasteiger partial charge < -0.3 is 9.80 Å². The topological polar surface area (TPSA) is 67.2 Å². The summed E-state index contributed by atoms with van der Waals surface area (Å²) in [6.45, 7) is 3.99. The van der Waals surface area contributed by atoms with Crippen LogP contribution in [-0.4, -0.2) is 68.7 Å². The molecule has 1 saturated heterocycles. The number of hydrogen-bond acceptors (Lipinski definition) is 6. The van der Waals surface area contributed by atoms with E-state index in [0.29, 0.717) is 12.3 Å². The third-order valence-corrected chi connectivity index (χ3v) is 7.23. The second-order valence-corrected chi connectivity index (χ2v) is 9.60. The van der Waals surface area contributed by atoms with Gasteiger partial charge in [0.05, 0.1) is 6.54 Å². The van der Waals surface area contributed by atoms with Crippen molar-refractivity contribution in [1.82, 2.24) is 29.5 Å². The fourth-order valence-electron chi connectivity index (χ4n) is 4.19. The number of rotatable bonds is 7. The average molecular weight is 485 g/mol. The molecule has 0 spiro atoms. The number of thioether (sulfide) groups is 1. The molecule has 1 aliphatic rings. The van der Waals surface area contributed by atoms with Gasteiger partial charge in [0.2, 0.25) is 0 Å². The molecule has 0 aliphatic carbocycles. The van der Waals surface area contributed by atoms with Gasteiger partial charge in [0.15, 0.2) is 11.0 Å². The summed E-state index contributed by atoms with van der Waals surface area (Å²) in [6, 6.07) is 22.1. The van der Waals surface area contributed by atoms with E-state index >= 15 is 0 Å². The van der Waals surface area contributed by atoms with E-state index in [0.717, 1.165) is 53.9 Å². The number of carbonyl (C=O) groups excluding carboxylic acids is 1. The lowest BCUT2D eigenvalue weighted by molar-refractivity contribution is 0.0663. The van der Waals surface area contributed by atoms with Crippen molar-refractivity contribution in [3.05, 3.63) is 95.8 Å². The number of amides is 1. The van der Waals surface area contributed by atoms with Gasteiger partial charge in [0.1, 0.15) is 0 Å². The molecular formula is C27H28N6OS. The first-order valence-corrected chi connectivity index (χ1v) is 12.7. The molecule has 5 rings (SSSR count). The maximum atomic E-state index is 13.3. The number of carbonyl (C=O) groups is 1. The molecule has 0 bridgehead atoms. The lowest BCUT2D eigenvalue weighted by Gasteiger charge is -2.32. The Morgan fingerprint density at radius 1 is 0.914 bits per heavy atom. The van der Waals surface area contributed by atoms with E-state index < -0.39 is 0 Å². The summed E-state index contributed by atoms with van der Waals surface area (Å²) in [5.74, 6) is 1.53. The first kappa shape index (κ1) is 23.3. The van der Waals surface area contributed by atoms with Gasteiger partial charge in [-0.25, -0.2) is 0 Å². The van der Waals surface area contributed by atoms with Gasteiger partial charge in [0, 0.05) is 55.5 Å². The molecule has 0 saturated carbocycles. The molecule has 2 aromatic heterocycles. The summed E-state index contributed by atoms with van der Waals surface area (Å²) in [6.07, 6.45) is 3.56. The molecule has 1 fully saturated rings. The van der Waals surface area contributed by atoms with Crippen LogP contribution >= 0.6 is 11.8 Å². The highest BCUT2D eigenvalue weighted by molar-refractivity contribution is 7.98. The van der Waals surface area contributed by atoms with Crippen LogP contribution in [-0.2, 0) is 12.3 Å². The lowest BCUT2D eigenvalue weighted by Crippen LogP contribution is -2.47. The largest absolute Gasteiger partial charge is 0.336 e.